The Morgan fingerprint density at radius 1 is 1.53 bits per heavy atom. The van der Waals surface area contributed by atoms with Crippen molar-refractivity contribution in [3.8, 4) is 0 Å². The van der Waals surface area contributed by atoms with E-state index in [9.17, 15) is 8.42 Å². The second-order valence-electron chi connectivity index (χ2n) is 3.56. The zero-order valence-corrected chi connectivity index (χ0v) is 9.32. The van der Waals surface area contributed by atoms with Gasteiger partial charge in [-0.25, -0.2) is 8.42 Å². The Bertz CT molecular complexity index is 329. The van der Waals surface area contributed by atoms with Gasteiger partial charge in [0.15, 0.2) is 9.84 Å². The molecule has 0 radical (unpaired) electrons. The summed E-state index contributed by atoms with van der Waals surface area (Å²) >= 11 is 0. The lowest BCUT2D eigenvalue weighted by Crippen LogP contribution is -2.22. The van der Waals surface area contributed by atoms with E-state index in [4.69, 9.17) is 10.3 Å². The summed E-state index contributed by atoms with van der Waals surface area (Å²) in [7, 11) is -3.05. The number of hydrogen-bond acceptors (Lipinski definition) is 4. The van der Waals surface area contributed by atoms with Crippen molar-refractivity contribution in [2.75, 3.05) is 24.7 Å². The normalized spacial score (nSPS) is 21.2. The van der Waals surface area contributed by atoms with Crippen LogP contribution >= 0.6 is 0 Å². The maximum absolute atomic E-state index is 11.5. The molecular formula is C8H15N3O3S. The van der Waals surface area contributed by atoms with Crippen LogP contribution in [-0.2, 0) is 14.6 Å². The van der Waals surface area contributed by atoms with E-state index >= 15 is 0 Å². The summed E-state index contributed by atoms with van der Waals surface area (Å²) in [6, 6.07) is 0. The van der Waals surface area contributed by atoms with Gasteiger partial charge in [-0.3, -0.25) is 0 Å². The van der Waals surface area contributed by atoms with Crippen molar-refractivity contribution in [3.05, 3.63) is 10.4 Å². The first-order chi connectivity index (χ1) is 7.14. The fourth-order valence-corrected chi connectivity index (χ4v) is 3.11. The molecule has 0 amide bonds. The summed E-state index contributed by atoms with van der Waals surface area (Å²) in [5.41, 5.74) is 8.01. The van der Waals surface area contributed by atoms with Crippen molar-refractivity contribution in [1.29, 1.82) is 0 Å². The molecule has 1 heterocycles. The Balaban J connectivity index is 2.27. The van der Waals surface area contributed by atoms with Gasteiger partial charge in [-0.05, 0) is 24.8 Å². The minimum Gasteiger partial charge on any atom is -0.377 e. The predicted octanol–water partition coefficient (Wildman–Crippen LogP) is 1.28. The van der Waals surface area contributed by atoms with Crippen molar-refractivity contribution < 1.29 is 13.2 Å². The Hall–Kier alpha value is -0.780. The maximum Gasteiger partial charge on any atom is 0.152 e. The topological polar surface area (TPSA) is 92.1 Å². The second kappa shape index (κ2) is 5.95. The van der Waals surface area contributed by atoms with E-state index in [2.05, 4.69) is 10.0 Å². The molecule has 1 aliphatic rings. The van der Waals surface area contributed by atoms with E-state index in [-0.39, 0.29) is 24.2 Å². The molecule has 0 aromatic rings. The minimum absolute atomic E-state index is 0.0753. The van der Waals surface area contributed by atoms with Gasteiger partial charge < -0.3 is 4.74 Å². The number of rotatable bonds is 6. The number of ether oxygens (including phenoxy) is 1. The highest BCUT2D eigenvalue weighted by atomic mass is 32.2. The summed E-state index contributed by atoms with van der Waals surface area (Å²) in [5.74, 6) is 0.176. The summed E-state index contributed by atoms with van der Waals surface area (Å²) in [4.78, 5) is 2.56. The van der Waals surface area contributed by atoms with Crippen LogP contribution in [0.4, 0.5) is 0 Å². The van der Waals surface area contributed by atoms with E-state index in [1.807, 2.05) is 0 Å². The first kappa shape index (κ1) is 12.3. The van der Waals surface area contributed by atoms with Crippen LogP contribution in [0.25, 0.3) is 10.4 Å². The van der Waals surface area contributed by atoms with E-state index in [0.29, 0.717) is 13.0 Å². The van der Waals surface area contributed by atoms with Gasteiger partial charge in [0.25, 0.3) is 0 Å². The monoisotopic (exact) mass is 233 g/mol. The highest BCUT2D eigenvalue weighted by Gasteiger charge is 2.22. The first-order valence-electron chi connectivity index (χ1n) is 4.97. The van der Waals surface area contributed by atoms with Crippen LogP contribution < -0.4 is 0 Å². The Morgan fingerprint density at radius 2 is 2.33 bits per heavy atom. The molecule has 0 bridgehead atoms. The molecule has 0 aromatic carbocycles. The average molecular weight is 233 g/mol. The van der Waals surface area contributed by atoms with E-state index < -0.39 is 9.84 Å². The van der Waals surface area contributed by atoms with Gasteiger partial charge in [0.1, 0.15) is 0 Å². The molecule has 1 rings (SSSR count). The van der Waals surface area contributed by atoms with Crippen LogP contribution in [0.1, 0.15) is 19.3 Å². The number of sulfone groups is 1. The van der Waals surface area contributed by atoms with E-state index in [0.717, 1.165) is 12.8 Å². The predicted molar refractivity (Wildman–Crippen MR) is 56.3 cm³/mol. The quantitative estimate of drug-likeness (QED) is 0.299. The highest BCUT2D eigenvalue weighted by molar-refractivity contribution is 7.91. The summed E-state index contributed by atoms with van der Waals surface area (Å²) < 4.78 is 28.3. The fraction of sp³-hybridized carbons (Fsp3) is 1.00. The van der Waals surface area contributed by atoms with Gasteiger partial charge >= 0.3 is 0 Å². The van der Waals surface area contributed by atoms with Gasteiger partial charge in [-0.15, -0.1) is 0 Å². The molecule has 15 heavy (non-hydrogen) atoms. The third kappa shape index (κ3) is 5.01. The SMILES string of the molecule is [N-]=[N+]=NCCCS(=O)(=O)CC1CCCO1. The molecule has 1 unspecified atom stereocenters. The molecule has 7 heteroatoms. The molecule has 0 spiro atoms. The van der Waals surface area contributed by atoms with Crippen LogP contribution in [0.3, 0.4) is 0 Å². The Labute approximate surface area is 89.2 Å². The molecular weight excluding hydrogens is 218 g/mol. The van der Waals surface area contributed by atoms with Gasteiger partial charge in [-0.2, -0.15) is 0 Å². The second-order valence-corrected chi connectivity index (χ2v) is 5.79. The van der Waals surface area contributed by atoms with Gasteiger partial charge in [-0.1, -0.05) is 5.11 Å². The molecule has 0 saturated carbocycles. The standard InChI is InChI=1S/C8H15N3O3S/c9-11-10-4-2-6-15(12,13)7-8-3-1-5-14-8/h8H,1-7H2. The summed E-state index contributed by atoms with van der Waals surface area (Å²) in [6.07, 6.45) is 2.03. The zero-order valence-electron chi connectivity index (χ0n) is 8.50. The number of azide groups is 1. The number of nitrogens with zero attached hydrogens (tertiary/aromatic N) is 3. The molecule has 1 aliphatic heterocycles. The third-order valence-electron chi connectivity index (χ3n) is 2.24. The summed E-state index contributed by atoms with van der Waals surface area (Å²) in [5, 5.41) is 3.29. The minimum atomic E-state index is -3.05. The van der Waals surface area contributed by atoms with Crippen molar-refractivity contribution >= 4 is 9.84 Å². The van der Waals surface area contributed by atoms with Gasteiger partial charge in [0.05, 0.1) is 17.6 Å². The molecule has 86 valence electrons. The Kier molecular flexibility index (Phi) is 4.87. The largest absolute Gasteiger partial charge is 0.377 e. The zero-order chi connectivity index (χ0) is 11.1. The van der Waals surface area contributed by atoms with Crippen molar-refractivity contribution in [1.82, 2.24) is 0 Å². The first-order valence-corrected chi connectivity index (χ1v) is 6.79. The number of hydrogen-bond donors (Lipinski definition) is 0. The Morgan fingerprint density at radius 3 is 2.93 bits per heavy atom. The van der Waals surface area contributed by atoms with Crippen LogP contribution in [0.15, 0.2) is 5.11 Å². The van der Waals surface area contributed by atoms with Crippen LogP contribution in [0.5, 0.6) is 0 Å². The van der Waals surface area contributed by atoms with Crippen molar-refractivity contribution in [2.45, 2.75) is 25.4 Å². The van der Waals surface area contributed by atoms with Crippen LogP contribution in [0, 0.1) is 0 Å². The van der Waals surface area contributed by atoms with Crippen LogP contribution in [-0.4, -0.2) is 39.2 Å². The van der Waals surface area contributed by atoms with Crippen molar-refractivity contribution in [3.63, 3.8) is 0 Å². The van der Waals surface area contributed by atoms with Crippen LogP contribution in [0.2, 0.25) is 0 Å². The molecule has 1 fully saturated rings. The molecule has 0 aliphatic carbocycles. The maximum atomic E-state index is 11.5. The van der Waals surface area contributed by atoms with Gasteiger partial charge in [0, 0.05) is 18.1 Å². The lowest BCUT2D eigenvalue weighted by atomic mass is 10.3. The lowest BCUT2D eigenvalue weighted by molar-refractivity contribution is 0.127. The average Bonchev–Trinajstić information content (AvgIpc) is 2.64. The molecule has 1 atom stereocenters. The molecule has 0 N–H and O–H groups in total. The van der Waals surface area contributed by atoms with Gasteiger partial charge in [0.2, 0.25) is 0 Å². The third-order valence-corrected chi connectivity index (χ3v) is 4.03. The molecule has 6 nitrogen and oxygen atoms in total. The van der Waals surface area contributed by atoms with Crippen molar-refractivity contribution in [2.24, 2.45) is 5.11 Å². The fourth-order valence-electron chi connectivity index (χ4n) is 1.54. The molecule has 1 saturated heterocycles. The van der Waals surface area contributed by atoms with E-state index in [1.165, 1.54) is 0 Å². The van der Waals surface area contributed by atoms with E-state index in [1.54, 1.807) is 0 Å². The lowest BCUT2D eigenvalue weighted by Gasteiger charge is -2.09. The summed E-state index contributed by atoms with van der Waals surface area (Å²) in [6.45, 7) is 0.903. The smallest absolute Gasteiger partial charge is 0.152 e. The highest BCUT2D eigenvalue weighted by Crippen LogP contribution is 2.14. The molecule has 0 aromatic heterocycles.